The van der Waals surface area contributed by atoms with Crippen molar-refractivity contribution in [3.8, 4) is 5.75 Å². The van der Waals surface area contributed by atoms with Crippen LogP contribution in [0.4, 0.5) is 0 Å². The number of benzene rings is 2. The number of phenolic OH excluding ortho intramolecular Hbond substituents is 1. The second-order valence-electron chi connectivity index (χ2n) is 6.23. The molecule has 3 rings (SSSR count). The maximum absolute atomic E-state index is 11.9. The SMILES string of the molecule is C/C(=N/OCC(=O)N/N=C/c1c(O)ccc2c(C)cc(=O)oc12)c1ccccc1. The molecule has 1 aromatic heterocycles. The van der Waals surface area contributed by atoms with Crippen LogP contribution in [0, 0.1) is 6.92 Å². The third-order valence-corrected chi connectivity index (χ3v) is 4.11. The summed E-state index contributed by atoms with van der Waals surface area (Å²) in [5.74, 6) is -0.674. The van der Waals surface area contributed by atoms with Crippen LogP contribution in [0.25, 0.3) is 11.0 Å². The van der Waals surface area contributed by atoms with Crippen molar-refractivity contribution < 1.29 is 19.2 Å². The van der Waals surface area contributed by atoms with Gasteiger partial charge in [-0.05, 0) is 37.1 Å². The van der Waals surface area contributed by atoms with Crippen molar-refractivity contribution in [3.63, 3.8) is 0 Å². The third kappa shape index (κ3) is 4.86. The average molecular weight is 393 g/mol. The maximum atomic E-state index is 11.9. The molecule has 0 radical (unpaired) electrons. The van der Waals surface area contributed by atoms with Crippen molar-refractivity contribution in [1.82, 2.24) is 5.43 Å². The minimum Gasteiger partial charge on any atom is -0.507 e. The third-order valence-electron chi connectivity index (χ3n) is 4.11. The van der Waals surface area contributed by atoms with Gasteiger partial charge in [0.05, 0.1) is 17.5 Å². The first-order valence-corrected chi connectivity index (χ1v) is 8.76. The van der Waals surface area contributed by atoms with E-state index in [0.29, 0.717) is 16.7 Å². The molecular weight excluding hydrogens is 374 g/mol. The number of hydrogen-bond donors (Lipinski definition) is 2. The van der Waals surface area contributed by atoms with Crippen molar-refractivity contribution in [2.24, 2.45) is 10.3 Å². The fraction of sp³-hybridized carbons (Fsp3) is 0.143. The van der Waals surface area contributed by atoms with Crippen LogP contribution in [-0.4, -0.2) is 29.5 Å². The molecule has 0 aliphatic rings. The number of carbonyl (C=O) groups excluding carboxylic acids is 1. The number of rotatable bonds is 6. The summed E-state index contributed by atoms with van der Waals surface area (Å²) in [6.07, 6.45) is 1.20. The maximum Gasteiger partial charge on any atom is 0.336 e. The lowest BCUT2D eigenvalue weighted by atomic mass is 10.1. The lowest BCUT2D eigenvalue weighted by molar-refractivity contribution is -0.125. The summed E-state index contributed by atoms with van der Waals surface area (Å²) in [4.78, 5) is 28.5. The predicted molar refractivity (Wildman–Crippen MR) is 109 cm³/mol. The first kappa shape index (κ1) is 19.8. The van der Waals surface area contributed by atoms with Gasteiger partial charge in [0.2, 0.25) is 0 Å². The van der Waals surface area contributed by atoms with Crippen molar-refractivity contribution >= 4 is 28.8 Å². The smallest absolute Gasteiger partial charge is 0.336 e. The van der Waals surface area contributed by atoms with Crippen LogP contribution in [0.2, 0.25) is 0 Å². The fourth-order valence-corrected chi connectivity index (χ4v) is 2.64. The molecule has 148 valence electrons. The van der Waals surface area contributed by atoms with E-state index in [-0.39, 0.29) is 23.5 Å². The Balaban J connectivity index is 1.65. The molecule has 2 N–H and O–H groups in total. The molecule has 29 heavy (non-hydrogen) atoms. The highest BCUT2D eigenvalue weighted by Gasteiger charge is 2.11. The van der Waals surface area contributed by atoms with E-state index in [1.807, 2.05) is 30.3 Å². The number of aromatic hydroxyl groups is 1. The first-order valence-electron chi connectivity index (χ1n) is 8.76. The highest BCUT2D eigenvalue weighted by Crippen LogP contribution is 2.26. The van der Waals surface area contributed by atoms with Crippen LogP contribution < -0.4 is 11.1 Å². The molecule has 1 heterocycles. The normalized spacial score (nSPS) is 11.7. The van der Waals surface area contributed by atoms with Crippen molar-refractivity contribution in [1.29, 1.82) is 0 Å². The summed E-state index contributed by atoms with van der Waals surface area (Å²) in [5, 5.41) is 18.4. The first-order chi connectivity index (χ1) is 14.0. The molecule has 0 saturated carbocycles. The number of hydrogen-bond acceptors (Lipinski definition) is 7. The quantitative estimate of drug-likeness (QED) is 0.380. The largest absolute Gasteiger partial charge is 0.507 e. The Morgan fingerprint density at radius 3 is 2.76 bits per heavy atom. The van der Waals surface area contributed by atoms with Gasteiger partial charge in [-0.2, -0.15) is 5.10 Å². The molecule has 8 heteroatoms. The average Bonchev–Trinajstić information content (AvgIpc) is 2.70. The minimum atomic E-state index is -0.542. The number of amides is 1. The summed E-state index contributed by atoms with van der Waals surface area (Å²) >= 11 is 0. The van der Waals surface area contributed by atoms with Gasteiger partial charge in [0.1, 0.15) is 5.75 Å². The van der Waals surface area contributed by atoms with Crippen LogP contribution in [0.15, 0.2) is 68.0 Å². The number of nitrogens with zero attached hydrogens (tertiary/aromatic N) is 2. The van der Waals surface area contributed by atoms with E-state index in [1.165, 1.54) is 18.3 Å². The van der Waals surface area contributed by atoms with Crippen molar-refractivity contribution in [2.75, 3.05) is 6.61 Å². The predicted octanol–water partition coefficient (Wildman–Crippen LogP) is 2.70. The monoisotopic (exact) mass is 393 g/mol. The Morgan fingerprint density at radius 2 is 2.00 bits per heavy atom. The number of fused-ring (bicyclic) bond motifs is 1. The van der Waals surface area contributed by atoms with Crippen LogP contribution >= 0.6 is 0 Å². The molecule has 0 fully saturated rings. The van der Waals surface area contributed by atoms with Gasteiger partial charge in [-0.15, -0.1) is 0 Å². The Labute approximate surface area is 166 Å². The molecule has 3 aromatic rings. The number of oxime groups is 1. The second-order valence-corrected chi connectivity index (χ2v) is 6.23. The summed E-state index contributed by atoms with van der Waals surface area (Å²) in [6, 6.07) is 13.9. The molecule has 2 aromatic carbocycles. The Morgan fingerprint density at radius 1 is 1.24 bits per heavy atom. The topological polar surface area (TPSA) is 113 Å². The highest BCUT2D eigenvalue weighted by atomic mass is 16.6. The zero-order valence-corrected chi connectivity index (χ0v) is 15.9. The lowest BCUT2D eigenvalue weighted by Gasteiger charge is -2.05. The van der Waals surface area contributed by atoms with Gasteiger partial charge < -0.3 is 14.4 Å². The van der Waals surface area contributed by atoms with E-state index >= 15 is 0 Å². The Bertz CT molecular complexity index is 1150. The zero-order valence-electron chi connectivity index (χ0n) is 15.9. The number of nitrogens with one attached hydrogen (secondary N) is 1. The van der Waals surface area contributed by atoms with Gasteiger partial charge in [-0.3, -0.25) is 4.79 Å². The van der Waals surface area contributed by atoms with Crippen molar-refractivity contribution in [3.05, 3.63) is 75.6 Å². The van der Waals surface area contributed by atoms with Gasteiger partial charge in [-0.1, -0.05) is 35.5 Å². The number of carbonyl (C=O) groups is 1. The van der Waals surface area contributed by atoms with E-state index in [0.717, 1.165) is 5.56 Å². The van der Waals surface area contributed by atoms with Crippen LogP contribution in [0.1, 0.15) is 23.6 Å². The van der Waals surface area contributed by atoms with Crippen LogP contribution in [0.3, 0.4) is 0 Å². The van der Waals surface area contributed by atoms with Gasteiger partial charge in [0, 0.05) is 11.5 Å². The van der Waals surface area contributed by atoms with E-state index < -0.39 is 11.5 Å². The van der Waals surface area contributed by atoms with Crippen LogP contribution in [-0.2, 0) is 9.63 Å². The molecule has 0 aliphatic carbocycles. The number of aryl methyl sites for hydroxylation is 1. The van der Waals surface area contributed by atoms with Crippen molar-refractivity contribution in [2.45, 2.75) is 13.8 Å². The number of phenols is 1. The van der Waals surface area contributed by atoms with E-state index in [1.54, 1.807) is 19.9 Å². The second kappa shape index (κ2) is 8.83. The van der Waals surface area contributed by atoms with Gasteiger partial charge in [-0.25, -0.2) is 10.2 Å². The molecule has 0 atom stereocenters. The summed E-state index contributed by atoms with van der Waals surface area (Å²) in [7, 11) is 0. The minimum absolute atomic E-state index is 0.136. The fourth-order valence-electron chi connectivity index (χ4n) is 2.64. The zero-order chi connectivity index (χ0) is 20.8. The van der Waals surface area contributed by atoms with E-state index in [4.69, 9.17) is 9.25 Å². The molecule has 8 nitrogen and oxygen atoms in total. The molecule has 0 spiro atoms. The Hall–Kier alpha value is -3.94. The standard InChI is InChI=1S/C21H19N3O5/c1-13-10-20(27)29-21-16(13)8-9-18(25)17(21)11-22-23-19(26)12-28-24-14(2)15-6-4-3-5-7-15/h3-11,25H,12H2,1-2H3,(H,23,26)/b22-11+,24-14-. The summed E-state index contributed by atoms with van der Waals surface area (Å²) in [6.45, 7) is 3.19. The van der Waals surface area contributed by atoms with Crippen LogP contribution in [0.5, 0.6) is 5.75 Å². The molecule has 1 amide bonds. The van der Waals surface area contributed by atoms with Gasteiger partial charge in [0.25, 0.3) is 5.91 Å². The Kier molecular flexibility index (Phi) is 6.03. The molecule has 0 unspecified atom stereocenters. The molecule has 0 bridgehead atoms. The van der Waals surface area contributed by atoms with Gasteiger partial charge >= 0.3 is 5.63 Å². The van der Waals surface area contributed by atoms with Gasteiger partial charge in [0.15, 0.2) is 12.2 Å². The molecular formula is C21H19N3O5. The number of hydrazone groups is 1. The molecule has 0 aliphatic heterocycles. The van der Waals surface area contributed by atoms with E-state index in [9.17, 15) is 14.7 Å². The summed E-state index contributed by atoms with van der Waals surface area (Å²) < 4.78 is 5.18. The van der Waals surface area contributed by atoms with E-state index in [2.05, 4.69) is 15.7 Å². The summed E-state index contributed by atoms with van der Waals surface area (Å²) in [5.41, 5.74) is 4.32. The molecule has 0 saturated heterocycles. The lowest BCUT2D eigenvalue weighted by Crippen LogP contribution is -2.22. The highest BCUT2D eigenvalue weighted by molar-refractivity contribution is 6.00.